The number of benzene rings is 2. The zero-order chi connectivity index (χ0) is 29.1. The molecule has 1 aliphatic carbocycles. The Balaban J connectivity index is 1.47. The van der Waals surface area contributed by atoms with Gasteiger partial charge in [0.25, 0.3) is 5.91 Å². The van der Waals surface area contributed by atoms with Crippen LogP contribution >= 0.6 is 11.6 Å². The number of para-hydroxylation sites is 1. The number of hydrogen-bond acceptors (Lipinski definition) is 7. The number of fused-ring (bicyclic) bond motifs is 1. The molecule has 2 aliphatic rings. The number of nitrogens with zero attached hydrogens (tertiary/aromatic N) is 1. The van der Waals surface area contributed by atoms with Crippen LogP contribution in [0.2, 0.25) is 5.02 Å². The summed E-state index contributed by atoms with van der Waals surface area (Å²) in [7, 11) is 0. The minimum Gasteiger partial charge on any atom is -0.478 e. The second-order valence-electron chi connectivity index (χ2n) is 11.0. The number of hydrogen-bond donors (Lipinski definition) is 3. The summed E-state index contributed by atoms with van der Waals surface area (Å²) in [5, 5.41) is 16.1. The quantitative estimate of drug-likeness (QED) is 0.343. The van der Waals surface area contributed by atoms with E-state index >= 15 is 0 Å². The van der Waals surface area contributed by atoms with E-state index in [1.54, 1.807) is 0 Å². The Morgan fingerprint density at radius 2 is 1.80 bits per heavy atom. The smallest absolute Gasteiger partial charge is 0.337 e. The number of carboxylic acid groups (broad SMARTS) is 1. The lowest BCUT2D eigenvalue weighted by atomic mass is 9.78. The van der Waals surface area contributed by atoms with Crippen LogP contribution < -0.4 is 15.5 Å². The van der Waals surface area contributed by atoms with E-state index in [1.807, 2.05) is 39.8 Å². The third-order valence-corrected chi connectivity index (χ3v) is 7.58. The molecule has 208 valence electrons. The van der Waals surface area contributed by atoms with Gasteiger partial charge in [0, 0.05) is 16.3 Å². The summed E-state index contributed by atoms with van der Waals surface area (Å²) < 4.78 is 20.7. The maximum absolute atomic E-state index is 14.8. The van der Waals surface area contributed by atoms with Crippen molar-refractivity contribution in [3.8, 4) is 0 Å². The van der Waals surface area contributed by atoms with Crippen molar-refractivity contribution in [3.05, 3.63) is 81.5 Å². The zero-order valence-corrected chi connectivity index (χ0v) is 22.9. The molecule has 3 N–H and O–H groups in total. The van der Waals surface area contributed by atoms with E-state index in [4.69, 9.17) is 16.0 Å². The minimum atomic E-state index is -1.39. The number of halogens is 2. The number of nitrogens with one attached hydrogen (secondary N) is 2. The second kappa shape index (κ2) is 9.87. The third kappa shape index (κ3) is 4.56. The molecule has 0 radical (unpaired) electrons. The van der Waals surface area contributed by atoms with Gasteiger partial charge in [0.2, 0.25) is 11.6 Å². The first-order valence-corrected chi connectivity index (χ1v) is 13.0. The first kappa shape index (κ1) is 27.5. The lowest BCUT2D eigenvalue weighted by molar-refractivity contribution is -0.146. The third-order valence-electron chi connectivity index (χ3n) is 7.23. The van der Waals surface area contributed by atoms with Gasteiger partial charge >= 0.3 is 5.97 Å². The van der Waals surface area contributed by atoms with Crippen LogP contribution in [0, 0.1) is 18.2 Å². The molecule has 11 heteroatoms. The number of anilines is 2. The molecular weight excluding hydrogens is 541 g/mol. The van der Waals surface area contributed by atoms with Gasteiger partial charge in [0.1, 0.15) is 29.4 Å². The highest BCUT2D eigenvalue weighted by Gasteiger charge is 2.52. The first-order valence-electron chi connectivity index (χ1n) is 12.6. The summed E-state index contributed by atoms with van der Waals surface area (Å²) in [5.74, 6) is -2.90. The molecule has 9 nitrogen and oxygen atoms in total. The Kier molecular flexibility index (Phi) is 6.79. The SMILES string of the molecule is Cc1ccc([C@H](NC2C(=O)C(=O)C2Nc2ccc(Cl)c3c2C(=O)N(c2c(F)cccc2C(=O)O)C3)C(C)(C)C)o1. The van der Waals surface area contributed by atoms with Crippen molar-refractivity contribution in [2.75, 3.05) is 10.2 Å². The standard InChI is InChI=1S/C29H27ClFN3O6/c1-13-8-11-19(40-13)26(29(2,3)4)33-22-21(24(35)25(22)36)32-18-10-9-16(30)15-12-34(27(37)20(15)18)23-14(28(38)39)6-5-7-17(23)31/h5-11,21-22,26,32-33H,12H2,1-4H3,(H,38,39)/t21?,22?,26-/m0/s1. The Bertz CT molecular complexity index is 1580. The molecule has 1 aromatic heterocycles. The van der Waals surface area contributed by atoms with Crippen molar-refractivity contribution in [1.82, 2.24) is 5.32 Å². The summed E-state index contributed by atoms with van der Waals surface area (Å²) in [4.78, 5) is 51.8. The molecule has 3 aromatic rings. The lowest BCUT2D eigenvalue weighted by Gasteiger charge is -2.40. The summed E-state index contributed by atoms with van der Waals surface area (Å²) in [6, 6.07) is 7.88. The van der Waals surface area contributed by atoms with Gasteiger partial charge in [-0.3, -0.25) is 19.7 Å². The predicted molar refractivity (Wildman–Crippen MR) is 145 cm³/mol. The van der Waals surface area contributed by atoms with Crippen LogP contribution in [0.1, 0.15) is 64.6 Å². The topological polar surface area (TPSA) is 129 Å². The number of rotatable bonds is 7. The minimum absolute atomic E-state index is 0.0759. The summed E-state index contributed by atoms with van der Waals surface area (Å²) in [6.07, 6.45) is 0. The van der Waals surface area contributed by atoms with E-state index in [2.05, 4.69) is 10.6 Å². The molecule has 2 aromatic carbocycles. The van der Waals surface area contributed by atoms with Crippen molar-refractivity contribution < 1.29 is 33.1 Å². The van der Waals surface area contributed by atoms with E-state index in [9.17, 15) is 28.7 Å². The van der Waals surface area contributed by atoms with Crippen LogP contribution in [-0.4, -0.2) is 40.6 Å². The number of aromatic carboxylic acids is 1. The molecule has 0 saturated heterocycles. The van der Waals surface area contributed by atoms with Crippen LogP contribution in [0.25, 0.3) is 0 Å². The number of ketones is 2. The molecule has 5 rings (SSSR count). The molecule has 3 atom stereocenters. The van der Waals surface area contributed by atoms with Crippen molar-refractivity contribution in [2.45, 2.75) is 52.4 Å². The number of carbonyl (C=O) groups is 4. The Morgan fingerprint density at radius 3 is 2.42 bits per heavy atom. The largest absolute Gasteiger partial charge is 0.478 e. The van der Waals surface area contributed by atoms with Crippen LogP contribution in [0.5, 0.6) is 0 Å². The van der Waals surface area contributed by atoms with Crippen LogP contribution in [-0.2, 0) is 16.1 Å². The van der Waals surface area contributed by atoms with E-state index in [-0.39, 0.29) is 39.5 Å². The van der Waals surface area contributed by atoms with Crippen LogP contribution in [0.3, 0.4) is 0 Å². The van der Waals surface area contributed by atoms with Crippen LogP contribution in [0.15, 0.2) is 46.9 Å². The van der Waals surface area contributed by atoms with Gasteiger partial charge < -0.3 is 19.7 Å². The summed E-state index contributed by atoms with van der Waals surface area (Å²) >= 11 is 6.40. The molecule has 2 unspecified atom stereocenters. The molecular formula is C29H27ClFN3O6. The molecule has 1 fully saturated rings. The highest BCUT2D eigenvalue weighted by atomic mass is 35.5. The van der Waals surface area contributed by atoms with E-state index in [0.29, 0.717) is 17.1 Å². The molecule has 0 spiro atoms. The van der Waals surface area contributed by atoms with Gasteiger partial charge in [-0.15, -0.1) is 0 Å². The molecule has 2 heterocycles. The van der Waals surface area contributed by atoms with Crippen molar-refractivity contribution in [1.29, 1.82) is 0 Å². The van der Waals surface area contributed by atoms with Gasteiger partial charge in [-0.1, -0.05) is 38.4 Å². The summed E-state index contributed by atoms with van der Waals surface area (Å²) in [6.45, 7) is 7.57. The van der Waals surface area contributed by atoms with Crippen molar-refractivity contribution in [3.63, 3.8) is 0 Å². The monoisotopic (exact) mass is 567 g/mol. The lowest BCUT2D eigenvalue weighted by Crippen LogP contribution is -2.68. The maximum Gasteiger partial charge on any atom is 0.337 e. The number of carbonyl (C=O) groups excluding carboxylic acids is 3. The molecule has 0 bridgehead atoms. The van der Waals surface area contributed by atoms with E-state index < -0.39 is 47.4 Å². The molecule has 1 aliphatic heterocycles. The fourth-order valence-corrected chi connectivity index (χ4v) is 5.41. The Hall–Kier alpha value is -4.02. The second-order valence-corrected chi connectivity index (χ2v) is 11.4. The van der Waals surface area contributed by atoms with Crippen LogP contribution in [0.4, 0.5) is 15.8 Å². The Labute approximate surface area is 234 Å². The normalized spacial score (nSPS) is 19.4. The number of amides is 1. The molecule has 1 amide bonds. The van der Waals surface area contributed by atoms with Gasteiger partial charge in [0.15, 0.2) is 0 Å². The fraction of sp³-hybridized carbons (Fsp3) is 0.310. The average molecular weight is 568 g/mol. The fourth-order valence-electron chi connectivity index (χ4n) is 5.20. The van der Waals surface area contributed by atoms with Gasteiger partial charge in [0.05, 0.1) is 29.4 Å². The first-order chi connectivity index (χ1) is 18.8. The van der Waals surface area contributed by atoms with E-state index in [0.717, 1.165) is 11.0 Å². The Morgan fingerprint density at radius 1 is 1.10 bits per heavy atom. The zero-order valence-electron chi connectivity index (χ0n) is 22.2. The van der Waals surface area contributed by atoms with Gasteiger partial charge in [-0.05, 0) is 48.7 Å². The highest BCUT2D eigenvalue weighted by molar-refractivity contribution is 6.49. The van der Waals surface area contributed by atoms with Crippen molar-refractivity contribution >= 4 is 46.4 Å². The number of furan rings is 1. The van der Waals surface area contributed by atoms with Gasteiger partial charge in [-0.2, -0.15) is 0 Å². The summed E-state index contributed by atoms with van der Waals surface area (Å²) in [5.41, 5.74) is -0.497. The predicted octanol–water partition coefficient (Wildman–Crippen LogP) is 4.92. The average Bonchev–Trinajstić information content (AvgIpc) is 3.47. The highest BCUT2D eigenvalue weighted by Crippen LogP contribution is 2.40. The maximum atomic E-state index is 14.8. The van der Waals surface area contributed by atoms with Gasteiger partial charge in [-0.25, -0.2) is 9.18 Å². The van der Waals surface area contributed by atoms with E-state index in [1.165, 1.54) is 24.3 Å². The van der Waals surface area contributed by atoms with Crippen molar-refractivity contribution in [2.24, 2.45) is 5.41 Å². The number of Topliss-reactive ketones (excluding diaryl/α,β-unsaturated/α-hetero) is 2. The number of aryl methyl sites for hydroxylation is 1. The number of carboxylic acids is 1. The molecule has 1 saturated carbocycles. The molecule has 40 heavy (non-hydrogen) atoms.